The maximum absolute atomic E-state index is 11.3. The summed E-state index contributed by atoms with van der Waals surface area (Å²) in [6, 6.07) is 0. The minimum Gasteiger partial charge on any atom is -0.465 e. The summed E-state index contributed by atoms with van der Waals surface area (Å²) < 4.78 is 4.84. The van der Waals surface area contributed by atoms with Crippen LogP contribution in [0.3, 0.4) is 0 Å². The van der Waals surface area contributed by atoms with E-state index < -0.39 is 5.92 Å². The van der Waals surface area contributed by atoms with Crippen molar-refractivity contribution in [3.05, 3.63) is 0 Å². The molecule has 0 heterocycles. The zero-order valence-corrected chi connectivity index (χ0v) is 7.99. The van der Waals surface area contributed by atoms with Crippen molar-refractivity contribution in [2.75, 3.05) is 6.61 Å². The predicted molar refractivity (Wildman–Crippen MR) is 48.1 cm³/mol. The van der Waals surface area contributed by atoms with Gasteiger partial charge in [0.15, 0.2) is 0 Å². The van der Waals surface area contributed by atoms with E-state index in [9.17, 15) is 9.59 Å². The fourth-order valence-corrected chi connectivity index (χ4v) is 1.91. The monoisotopic (exact) mass is 184 g/mol. The lowest BCUT2D eigenvalue weighted by Crippen LogP contribution is -2.25. The van der Waals surface area contributed by atoms with Gasteiger partial charge in [0.1, 0.15) is 12.2 Å². The highest BCUT2D eigenvalue weighted by atomic mass is 16.5. The molecule has 1 fully saturated rings. The average Bonchev–Trinajstić information content (AvgIpc) is 2.59. The molecule has 0 saturated heterocycles. The normalized spacial score (nSPS) is 19.8. The summed E-state index contributed by atoms with van der Waals surface area (Å²) in [5.41, 5.74) is 0. The summed E-state index contributed by atoms with van der Waals surface area (Å²) in [5.74, 6) is -0.622. The number of carbonyl (C=O) groups excluding carboxylic acids is 2. The van der Waals surface area contributed by atoms with E-state index in [-0.39, 0.29) is 11.9 Å². The molecule has 1 saturated carbocycles. The molecular formula is C10H16O3. The van der Waals surface area contributed by atoms with Crippen LogP contribution in [-0.4, -0.2) is 18.9 Å². The Balaban J connectivity index is 2.49. The third-order valence-corrected chi connectivity index (χ3v) is 2.61. The first-order valence-electron chi connectivity index (χ1n) is 4.91. The van der Waals surface area contributed by atoms with Gasteiger partial charge in [-0.05, 0) is 25.7 Å². The lowest BCUT2D eigenvalue weighted by atomic mass is 9.92. The molecule has 0 aromatic heterocycles. The van der Waals surface area contributed by atoms with E-state index in [1.165, 1.54) is 0 Å². The number of carbonyl (C=O) groups is 2. The summed E-state index contributed by atoms with van der Waals surface area (Å²) in [6.45, 7) is 2.12. The summed E-state index contributed by atoms with van der Waals surface area (Å²) in [5, 5.41) is 0. The molecule has 1 atom stereocenters. The zero-order valence-electron chi connectivity index (χ0n) is 7.99. The van der Waals surface area contributed by atoms with Gasteiger partial charge in [-0.2, -0.15) is 0 Å². The Hall–Kier alpha value is -0.860. The lowest BCUT2D eigenvalue weighted by Gasteiger charge is -2.15. The Labute approximate surface area is 78.5 Å². The molecule has 0 aromatic rings. The van der Waals surface area contributed by atoms with Crippen LogP contribution in [0.2, 0.25) is 0 Å². The van der Waals surface area contributed by atoms with Crippen molar-refractivity contribution >= 4 is 12.3 Å². The van der Waals surface area contributed by atoms with E-state index in [1.54, 1.807) is 6.92 Å². The van der Waals surface area contributed by atoms with Gasteiger partial charge in [0.25, 0.3) is 0 Å². The third-order valence-electron chi connectivity index (χ3n) is 2.61. The van der Waals surface area contributed by atoms with Crippen LogP contribution >= 0.6 is 0 Å². The zero-order chi connectivity index (χ0) is 9.68. The quantitative estimate of drug-likeness (QED) is 0.378. The topological polar surface area (TPSA) is 43.4 Å². The summed E-state index contributed by atoms with van der Waals surface area (Å²) in [4.78, 5) is 22.0. The Morgan fingerprint density at radius 2 is 2.15 bits per heavy atom. The molecule has 0 amide bonds. The highest BCUT2D eigenvalue weighted by molar-refractivity contribution is 5.88. The number of aldehydes is 1. The molecule has 0 N–H and O–H groups in total. The molecule has 0 aromatic carbocycles. The Bertz CT molecular complexity index is 183. The fraction of sp³-hybridized carbons (Fsp3) is 0.800. The Kier molecular flexibility index (Phi) is 3.93. The van der Waals surface area contributed by atoms with Gasteiger partial charge in [-0.1, -0.05) is 12.8 Å². The minimum absolute atomic E-state index is 0.233. The number of rotatable bonds is 4. The van der Waals surface area contributed by atoms with Gasteiger partial charge in [0.05, 0.1) is 6.61 Å². The van der Waals surface area contributed by atoms with Crippen molar-refractivity contribution < 1.29 is 14.3 Å². The molecule has 0 spiro atoms. The summed E-state index contributed by atoms with van der Waals surface area (Å²) >= 11 is 0. The number of hydrogen-bond acceptors (Lipinski definition) is 3. The van der Waals surface area contributed by atoms with Crippen LogP contribution in [0.5, 0.6) is 0 Å². The molecule has 3 heteroatoms. The summed E-state index contributed by atoms with van der Waals surface area (Å²) in [6.07, 6.45) is 4.99. The van der Waals surface area contributed by atoms with Crippen LogP contribution in [0.4, 0.5) is 0 Å². The van der Waals surface area contributed by atoms with Crippen molar-refractivity contribution in [1.82, 2.24) is 0 Å². The van der Waals surface area contributed by atoms with E-state index >= 15 is 0 Å². The first-order valence-corrected chi connectivity index (χ1v) is 4.91. The van der Waals surface area contributed by atoms with Crippen molar-refractivity contribution in [1.29, 1.82) is 0 Å². The van der Waals surface area contributed by atoms with E-state index in [0.29, 0.717) is 6.61 Å². The van der Waals surface area contributed by atoms with Crippen LogP contribution in [-0.2, 0) is 14.3 Å². The fourth-order valence-electron chi connectivity index (χ4n) is 1.91. The molecule has 1 aliphatic rings. The second kappa shape index (κ2) is 5.00. The van der Waals surface area contributed by atoms with Crippen LogP contribution in [0.25, 0.3) is 0 Å². The maximum Gasteiger partial charge on any atom is 0.316 e. The summed E-state index contributed by atoms with van der Waals surface area (Å²) in [7, 11) is 0. The first kappa shape index (κ1) is 10.2. The van der Waals surface area contributed by atoms with Gasteiger partial charge in [-0.25, -0.2) is 0 Å². The number of esters is 1. The maximum atomic E-state index is 11.3. The molecule has 74 valence electrons. The Morgan fingerprint density at radius 3 is 2.62 bits per heavy atom. The van der Waals surface area contributed by atoms with Crippen LogP contribution in [0.15, 0.2) is 0 Å². The smallest absolute Gasteiger partial charge is 0.316 e. The molecule has 0 aliphatic heterocycles. The Morgan fingerprint density at radius 1 is 1.54 bits per heavy atom. The van der Waals surface area contributed by atoms with E-state index in [2.05, 4.69) is 0 Å². The highest BCUT2D eigenvalue weighted by Crippen LogP contribution is 2.31. The van der Waals surface area contributed by atoms with Gasteiger partial charge in [-0.3, -0.25) is 4.79 Å². The van der Waals surface area contributed by atoms with E-state index in [0.717, 1.165) is 32.0 Å². The largest absolute Gasteiger partial charge is 0.465 e. The van der Waals surface area contributed by atoms with Gasteiger partial charge < -0.3 is 9.53 Å². The molecule has 0 radical (unpaired) electrons. The van der Waals surface area contributed by atoms with Gasteiger partial charge in [0.2, 0.25) is 0 Å². The number of hydrogen-bond donors (Lipinski definition) is 0. The predicted octanol–water partition coefficient (Wildman–Crippen LogP) is 1.55. The molecular weight excluding hydrogens is 168 g/mol. The van der Waals surface area contributed by atoms with Crippen molar-refractivity contribution in [2.24, 2.45) is 11.8 Å². The van der Waals surface area contributed by atoms with Gasteiger partial charge >= 0.3 is 5.97 Å². The molecule has 1 rings (SSSR count). The van der Waals surface area contributed by atoms with Crippen LogP contribution in [0, 0.1) is 11.8 Å². The third kappa shape index (κ3) is 2.54. The minimum atomic E-state index is -0.512. The van der Waals surface area contributed by atoms with Gasteiger partial charge in [-0.15, -0.1) is 0 Å². The van der Waals surface area contributed by atoms with Crippen molar-refractivity contribution in [3.63, 3.8) is 0 Å². The second-order valence-corrected chi connectivity index (χ2v) is 3.46. The van der Waals surface area contributed by atoms with E-state index in [1.807, 2.05) is 0 Å². The SMILES string of the molecule is CCOC(=O)[C@H](C=O)C1CCCC1. The van der Waals surface area contributed by atoms with Gasteiger partial charge in [0, 0.05) is 0 Å². The first-order chi connectivity index (χ1) is 6.29. The molecule has 0 unspecified atom stereocenters. The van der Waals surface area contributed by atoms with Crippen molar-refractivity contribution in [3.8, 4) is 0 Å². The lowest BCUT2D eigenvalue weighted by molar-refractivity contribution is -0.151. The molecule has 1 aliphatic carbocycles. The second-order valence-electron chi connectivity index (χ2n) is 3.46. The van der Waals surface area contributed by atoms with Crippen LogP contribution < -0.4 is 0 Å². The highest BCUT2D eigenvalue weighted by Gasteiger charge is 2.31. The molecule has 3 nitrogen and oxygen atoms in total. The standard InChI is InChI=1S/C10H16O3/c1-2-13-10(12)9(7-11)8-5-3-4-6-8/h7-9H,2-6H2,1H3/t9-/m1/s1. The van der Waals surface area contributed by atoms with E-state index in [4.69, 9.17) is 4.74 Å². The number of ether oxygens (including phenoxy) is 1. The van der Waals surface area contributed by atoms with Crippen molar-refractivity contribution in [2.45, 2.75) is 32.6 Å². The average molecular weight is 184 g/mol. The molecule has 0 bridgehead atoms. The molecule has 13 heavy (non-hydrogen) atoms. The van der Waals surface area contributed by atoms with Crippen LogP contribution in [0.1, 0.15) is 32.6 Å².